The maximum absolute atomic E-state index is 11.9. The van der Waals surface area contributed by atoms with Gasteiger partial charge in [0, 0.05) is 19.6 Å². The standard InChI is InChI=1S/C16H24N2O2/c1-2-3-10-17-16(20)18-11-8-14(9-12-18)13-4-6-15(19)7-5-13/h4-7,14,19H,2-3,8-12H2,1H3,(H,17,20). The van der Waals surface area contributed by atoms with Crippen molar-refractivity contribution in [3.05, 3.63) is 29.8 Å². The monoisotopic (exact) mass is 276 g/mol. The summed E-state index contributed by atoms with van der Waals surface area (Å²) in [6, 6.07) is 7.51. The highest BCUT2D eigenvalue weighted by Gasteiger charge is 2.23. The summed E-state index contributed by atoms with van der Waals surface area (Å²) in [6.45, 7) is 4.51. The van der Waals surface area contributed by atoms with Gasteiger partial charge in [-0.15, -0.1) is 0 Å². The SMILES string of the molecule is CCCCNC(=O)N1CCC(c2ccc(O)cc2)CC1. The number of phenolic OH excluding ortho intramolecular Hbond substituents is 1. The number of phenols is 1. The van der Waals surface area contributed by atoms with Crippen molar-refractivity contribution in [2.24, 2.45) is 0 Å². The smallest absolute Gasteiger partial charge is 0.317 e. The van der Waals surface area contributed by atoms with Gasteiger partial charge >= 0.3 is 6.03 Å². The molecule has 0 saturated carbocycles. The molecular formula is C16H24N2O2. The Morgan fingerprint density at radius 3 is 2.55 bits per heavy atom. The Bertz CT molecular complexity index is 423. The van der Waals surface area contributed by atoms with Crippen LogP contribution in [0.4, 0.5) is 4.79 Å². The molecule has 1 heterocycles. The van der Waals surface area contributed by atoms with Crippen molar-refractivity contribution in [3.63, 3.8) is 0 Å². The average Bonchev–Trinajstić information content (AvgIpc) is 2.48. The van der Waals surface area contributed by atoms with E-state index in [-0.39, 0.29) is 6.03 Å². The fourth-order valence-electron chi connectivity index (χ4n) is 2.65. The van der Waals surface area contributed by atoms with Gasteiger partial charge in [-0.05, 0) is 42.9 Å². The molecule has 4 heteroatoms. The number of hydrogen-bond donors (Lipinski definition) is 2. The summed E-state index contributed by atoms with van der Waals surface area (Å²) >= 11 is 0. The van der Waals surface area contributed by atoms with E-state index in [0.29, 0.717) is 11.7 Å². The van der Waals surface area contributed by atoms with Gasteiger partial charge < -0.3 is 15.3 Å². The van der Waals surface area contributed by atoms with Gasteiger partial charge in [-0.25, -0.2) is 4.79 Å². The van der Waals surface area contributed by atoms with E-state index in [1.807, 2.05) is 17.0 Å². The second-order valence-electron chi connectivity index (χ2n) is 5.44. The molecule has 2 N–H and O–H groups in total. The van der Waals surface area contributed by atoms with Crippen molar-refractivity contribution < 1.29 is 9.90 Å². The molecule has 1 aliphatic rings. The number of nitrogens with zero attached hydrogens (tertiary/aromatic N) is 1. The van der Waals surface area contributed by atoms with Crippen LogP contribution in [0.2, 0.25) is 0 Å². The number of carbonyl (C=O) groups excluding carboxylic acids is 1. The maximum Gasteiger partial charge on any atom is 0.317 e. The first-order valence-electron chi connectivity index (χ1n) is 7.52. The third-order valence-electron chi connectivity index (χ3n) is 3.95. The molecule has 1 aliphatic heterocycles. The molecule has 20 heavy (non-hydrogen) atoms. The van der Waals surface area contributed by atoms with E-state index >= 15 is 0 Å². The first-order valence-corrected chi connectivity index (χ1v) is 7.52. The third-order valence-corrected chi connectivity index (χ3v) is 3.95. The van der Waals surface area contributed by atoms with Gasteiger partial charge in [0.2, 0.25) is 0 Å². The molecule has 0 unspecified atom stereocenters. The van der Waals surface area contributed by atoms with Gasteiger partial charge in [0.1, 0.15) is 5.75 Å². The lowest BCUT2D eigenvalue weighted by Crippen LogP contribution is -2.44. The first-order chi connectivity index (χ1) is 9.70. The molecule has 4 nitrogen and oxygen atoms in total. The fourth-order valence-corrected chi connectivity index (χ4v) is 2.65. The van der Waals surface area contributed by atoms with E-state index in [0.717, 1.165) is 45.3 Å². The van der Waals surface area contributed by atoms with E-state index in [9.17, 15) is 9.90 Å². The van der Waals surface area contributed by atoms with Crippen LogP contribution in [0.5, 0.6) is 5.75 Å². The van der Waals surface area contributed by atoms with Crippen molar-refractivity contribution in [2.75, 3.05) is 19.6 Å². The number of unbranched alkanes of at least 4 members (excludes halogenated alkanes) is 1. The Morgan fingerprint density at radius 1 is 1.30 bits per heavy atom. The topological polar surface area (TPSA) is 52.6 Å². The Hall–Kier alpha value is -1.71. The van der Waals surface area contributed by atoms with Crippen LogP contribution in [-0.2, 0) is 0 Å². The van der Waals surface area contributed by atoms with E-state index in [4.69, 9.17) is 0 Å². The predicted octanol–water partition coefficient (Wildman–Crippen LogP) is 3.08. The largest absolute Gasteiger partial charge is 0.508 e. The van der Waals surface area contributed by atoms with E-state index in [1.165, 1.54) is 5.56 Å². The van der Waals surface area contributed by atoms with E-state index in [1.54, 1.807) is 12.1 Å². The number of carbonyl (C=O) groups is 1. The number of aromatic hydroxyl groups is 1. The summed E-state index contributed by atoms with van der Waals surface area (Å²) in [4.78, 5) is 13.9. The van der Waals surface area contributed by atoms with Gasteiger partial charge in [-0.1, -0.05) is 25.5 Å². The maximum atomic E-state index is 11.9. The number of nitrogens with one attached hydrogen (secondary N) is 1. The van der Waals surface area contributed by atoms with Crippen molar-refractivity contribution in [3.8, 4) is 5.75 Å². The molecule has 110 valence electrons. The van der Waals surface area contributed by atoms with Crippen LogP contribution in [0.1, 0.15) is 44.1 Å². The van der Waals surface area contributed by atoms with E-state index in [2.05, 4.69) is 12.2 Å². The molecule has 1 aromatic carbocycles. The molecular weight excluding hydrogens is 252 g/mol. The third kappa shape index (κ3) is 3.89. The number of hydrogen-bond acceptors (Lipinski definition) is 2. The quantitative estimate of drug-likeness (QED) is 0.830. The highest BCUT2D eigenvalue weighted by Crippen LogP contribution is 2.28. The average molecular weight is 276 g/mol. The molecule has 0 spiro atoms. The van der Waals surface area contributed by atoms with Crippen molar-refractivity contribution in [2.45, 2.75) is 38.5 Å². The molecule has 0 bridgehead atoms. The Labute approximate surface area is 120 Å². The molecule has 0 aromatic heterocycles. The van der Waals surface area contributed by atoms with Crippen molar-refractivity contribution in [1.29, 1.82) is 0 Å². The molecule has 0 atom stereocenters. The van der Waals surface area contributed by atoms with Crippen LogP contribution in [-0.4, -0.2) is 35.7 Å². The lowest BCUT2D eigenvalue weighted by Gasteiger charge is -2.32. The number of piperidine rings is 1. The van der Waals surface area contributed by atoms with E-state index < -0.39 is 0 Å². The summed E-state index contributed by atoms with van der Waals surface area (Å²) in [5.74, 6) is 0.803. The van der Waals surface area contributed by atoms with Gasteiger partial charge in [0.05, 0.1) is 0 Å². The van der Waals surface area contributed by atoms with Crippen molar-refractivity contribution in [1.82, 2.24) is 10.2 Å². The fraction of sp³-hybridized carbons (Fsp3) is 0.562. The Kier molecular flexibility index (Phi) is 5.27. The molecule has 2 rings (SSSR count). The minimum atomic E-state index is 0.0719. The zero-order valence-electron chi connectivity index (χ0n) is 12.1. The van der Waals surface area contributed by atoms with Crippen LogP contribution < -0.4 is 5.32 Å². The number of urea groups is 1. The first kappa shape index (κ1) is 14.7. The summed E-state index contributed by atoms with van der Waals surface area (Å²) < 4.78 is 0. The van der Waals surface area contributed by atoms with Gasteiger partial charge in [-0.3, -0.25) is 0 Å². The molecule has 1 fully saturated rings. The minimum absolute atomic E-state index is 0.0719. The van der Waals surface area contributed by atoms with Crippen LogP contribution in [0.3, 0.4) is 0 Å². The molecule has 0 radical (unpaired) electrons. The highest BCUT2D eigenvalue weighted by atomic mass is 16.3. The summed E-state index contributed by atoms with van der Waals surface area (Å²) in [6.07, 6.45) is 4.12. The van der Waals surface area contributed by atoms with Gasteiger partial charge in [0.15, 0.2) is 0 Å². The molecule has 0 aliphatic carbocycles. The van der Waals surface area contributed by atoms with Crippen LogP contribution in [0.15, 0.2) is 24.3 Å². The van der Waals surface area contributed by atoms with Crippen LogP contribution in [0.25, 0.3) is 0 Å². The normalized spacial score (nSPS) is 16.1. The second-order valence-corrected chi connectivity index (χ2v) is 5.44. The minimum Gasteiger partial charge on any atom is -0.508 e. The van der Waals surface area contributed by atoms with Crippen LogP contribution in [0, 0.1) is 0 Å². The Balaban J connectivity index is 1.80. The van der Waals surface area contributed by atoms with Crippen molar-refractivity contribution >= 4 is 6.03 Å². The molecule has 1 saturated heterocycles. The highest BCUT2D eigenvalue weighted by molar-refractivity contribution is 5.74. The summed E-state index contributed by atoms with van der Waals surface area (Å²) in [7, 11) is 0. The zero-order valence-corrected chi connectivity index (χ0v) is 12.1. The lowest BCUT2D eigenvalue weighted by molar-refractivity contribution is 0.181. The number of benzene rings is 1. The second kappa shape index (κ2) is 7.17. The number of amides is 2. The summed E-state index contributed by atoms with van der Waals surface area (Å²) in [5.41, 5.74) is 1.26. The zero-order chi connectivity index (χ0) is 14.4. The van der Waals surface area contributed by atoms with Gasteiger partial charge in [0.25, 0.3) is 0 Å². The Morgan fingerprint density at radius 2 is 1.95 bits per heavy atom. The number of rotatable bonds is 4. The van der Waals surface area contributed by atoms with Crippen LogP contribution >= 0.6 is 0 Å². The van der Waals surface area contributed by atoms with Gasteiger partial charge in [-0.2, -0.15) is 0 Å². The lowest BCUT2D eigenvalue weighted by atomic mass is 9.89. The molecule has 1 aromatic rings. The predicted molar refractivity (Wildman–Crippen MR) is 80.0 cm³/mol. The number of likely N-dealkylation sites (tertiary alicyclic amines) is 1. The molecule has 2 amide bonds. The summed E-state index contributed by atoms with van der Waals surface area (Å²) in [5, 5.41) is 12.3.